The number of carbonyl (C=O) groups excluding carboxylic acids is 1. The third-order valence-corrected chi connectivity index (χ3v) is 5.95. The van der Waals surface area contributed by atoms with Crippen molar-refractivity contribution in [2.75, 3.05) is 18.1 Å². The molecule has 0 fully saturated rings. The van der Waals surface area contributed by atoms with Crippen LogP contribution < -0.4 is 14.4 Å². The Morgan fingerprint density at radius 3 is 2.22 bits per heavy atom. The Morgan fingerprint density at radius 1 is 0.906 bits per heavy atom. The summed E-state index contributed by atoms with van der Waals surface area (Å²) in [4.78, 5) is 15.5. The highest BCUT2D eigenvalue weighted by molar-refractivity contribution is 5.98. The molecule has 3 aromatic carbocycles. The van der Waals surface area contributed by atoms with E-state index in [-0.39, 0.29) is 11.9 Å². The van der Waals surface area contributed by atoms with Gasteiger partial charge in [-0.3, -0.25) is 4.79 Å². The average molecular weight is 430 g/mol. The summed E-state index contributed by atoms with van der Waals surface area (Å²) in [5.41, 5.74) is 6.50. The van der Waals surface area contributed by atoms with E-state index in [0.29, 0.717) is 25.4 Å². The van der Waals surface area contributed by atoms with Crippen LogP contribution in [0.15, 0.2) is 60.7 Å². The number of hydrogen-bond donors (Lipinski definition) is 0. The Labute approximate surface area is 190 Å². The standard InChI is InChI=1S/C28H31NO3/c1-5-20-11-13-23(14-12-20)29-27(30)17-22-16-25(31-6-2)26(32-7-3)18-24(22)28(29)21-10-8-9-19(4)15-21/h8-16,18,28H,5-7,17H2,1-4H3. The van der Waals surface area contributed by atoms with Crippen LogP contribution in [-0.4, -0.2) is 19.1 Å². The predicted octanol–water partition coefficient (Wildman–Crippen LogP) is 6.03. The molecule has 32 heavy (non-hydrogen) atoms. The lowest BCUT2D eigenvalue weighted by Gasteiger charge is -2.38. The van der Waals surface area contributed by atoms with Crippen LogP contribution in [0.5, 0.6) is 11.5 Å². The van der Waals surface area contributed by atoms with Crippen LogP contribution in [0, 0.1) is 6.92 Å². The third-order valence-electron chi connectivity index (χ3n) is 5.95. The minimum atomic E-state index is -0.228. The summed E-state index contributed by atoms with van der Waals surface area (Å²) in [5.74, 6) is 1.51. The van der Waals surface area contributed by atoms with Gasteiger partial charge in [-0.15, -0.1) is 0 Å². The first-order valence-electron chi connectivity index (χ1n) is 11.5. The van der Waals surface area contributed by atoms with Crippen molar-refractivity contribution in [2.45, 2.75) is 46.6 Å². The Kier molecular flexibility index (Phi) is 6.50. The number of ether oxygens (including phenoxy) is 2. The number of aryl methyl sites for hydroxylation is 2. The first kappa shape index (κ1) is 21.9. The van der Waals surface area contributed by atoms with Crippen LogP contribution in [0.1, 0.15) is 54.6 Å². The van der Waals surface area contributed by atoms with Gasteiger partial charge in [0.2, 0.25) is 5.91 Å². The monoisotopic (exact) mass is 429 g/mol. The molecule has 4 nitrogen and oxygen atoms in total. The van der Waals surface area contributed by atoms with E-state index >= 15 is 0 Å². The second kappa shape index (κ2) is 9.47. The number of hydrogen-bond acceptors (Lipinski definition) is 3. The highest BCUT2D eigenvalue weighted by atomic mass is 16.5. The van der Waals surface area contributed by atoms with Crippen LogP contribution >= 0.6 is 0 Å². The highest BCUT2D eigenvalue weighted by Gasteiger charge is 2.36. The van der Waals surface area contributed by atoms with Gasteiger partial charge >= 0.3 is 0 Å². The second-order valence-electron chi connectivity index (χ2n) is 8.14. The van der Waals surface area contributed by atoms with Crippen LogP contribution in [-0.2, 0) is 17.6 Å². The van der Waals surface area contributed by atoms with Crippen LogP contribution in [0.25, 0.3) is 0 Å². The van der Waals surface area contributed by atoms with E-state index in [2.05, 4.69) is 68.4 Å². The van der Waals surface area contributed by atoms with E-state index in [4.69, 9.17) is 9.47 Å². The van der Waals surface area contributed by atoms with Crippen molar-refractivity contribution in [3.63, 3.8) is 0 Å². The molecular weight excluding hydrogens is 398 g/mol. The quantitative estimate of drug-likeness (QED) is 0.460. The molecule has 1 atom stereocenters. The number of nitrogens with zero attached hydrogens (tertiary/aromatic N) is 1. The highest BCUT2D eigenvalue weighted by Crippen LogP contribution is 2.43. The number of fused-ring (bicyclic) bond motifs is 1. The number of carbonyl (C=O) groups is 1. The molecule has 4 rings (SSSR count). The van der Waals surface area contributed by atoms with Gasteiger partial charge in [0.1, 0.15) is 0 Å². The minimum Gasteiger partial charge on any atom is -0.490 e. The van der Waals surface area contributed by atoms with Crippen molar-refractivity contribution in [3.8, 4) is 11.5 Å². The van der Waals surface area contributed by atoms with Crippen molar-refractivity contribution >= 4 is 11.6 Å². The fourth-order valence-electron chi connectivity index (χ4n) is 4.45. The number of benzene rings is 3. The molecule has 0 radical (unpaired) electrons. The molecule has 0 saturated carbocycles. The average Bonchev–Trinajstić information content (AvgIpc) is 2.79. The fourth-order valence-corrected chi connectivity index (χ4v) is 4.45. The van der Waals surface area contributed by atoms with Gasteiger partial charge in [0.05, 0.1) is 25.7 Å². The Morgan fingerprint density at radius 2 is 1.59 bits per heavy atom. The topological polar surface area (TPSA) is 38.8 Å². The molecule has 166 valence electrons. The number of anilines is 1. The molecule has 3 aromatic rings. The van der Waals surface area contributed by atoms with Gasteiger partial charge in [0, 0.05) is 5.69 Å². The minimum absolute atomic E-state index is 0.0832. The fraction of sp³-hybridized carbons (Fsp3) is 0.321. The van der Waals surface area contributed by atoms with Gasteiger partial charge in [-0.05, 0) is 73.7 Å². The summed E-state index contributed by atoms with van der Waals surface area (Å²) in [6.45, 7) is 9.24. The normalized spacial score (nSPS) is 15.4. The van der Waals surface area contributed by atoms with Crippen molar-refractivity contribution in [1.82, 2.24) is 0 Å². The molecule has 1 aliphatic rings. The maximum absolute atomic E-state index is 13.5. The lowest BCUT2D eigenvalue weighted by atomic mass is 9.86. The maximum Gasteiger partial charge on any atom is 0.232 e. The number of rotatable bonds is 7. The van der Waals surface area contributed by atoms with Gasteiger partial charge in [0.25, 0.3) is 0 Å². The molecule has 1 heterocycles. The third kappa shape index (κ3) is 4.22. The zero-order valence-corrected chi connectivity index (χ0v) is 19.4. The molecule has 1 unspecified atom stereocenters. The molecule has 1 amide bonds. The Hall–Kier alpha value is -3.27. The maximum atomic E-state index is 13.5. The van der Waals surface area contributed by atoms with Crippen molar-refractivity contribution in [1.29, 1.82) is 0 Å². The summed E-state index contributed by atoms with van der Waals surface area (Å²) < 4.78 is 11.8. The van der Waals surface area contributed by atoms with Gasteiger partial charge in [-0.1, -0.05) is 48.9 Å². The summed E-state index contributed by atoms with van der Waals surface area (Å²) in [5, 5.41) is 0. The van der Waals surface area contributed by atoms with E-state index < -0.39 is 0 Å². The molecular formula is C28H31NO3. The van der Waals surface area contributed by atoms with E-state index in [1.165, 1.54) is 11.1 Å². The summed E-state index contributed by atoms with van der Waals surface area (Å²) in [7, 11) is 0. The lowest BCUT2D eigenvalue weighted by molar-refractivity contribution is -0.118. The number of amides is 1. The van der Waals surface area contributed by atoms with Gasteiger partial charge < -0.3 is 14.4 Å². The van der Waals surface area contributed by atoms with Crippen LogP contribution in [0.3, 0.4) is 0 Å². The zero-order valence-electron chi connectivity index (χ0n) is 19.4. The van der Waals surface area contributed by atoms with Gasteiger partial charge in [-0.25, -0.2) is 0 Å². The Balaban J connectivity index is 1.91. The summed E-state index contributed by atoms with van der Waals surface area (Å²) in [6.07, 6.45) is 1.30. The molecule has 1 aliphatic heterocycles. The lowest BCUT2D eigenvalue weighted by Crippen LogP contribution is -2.41. The predicted molar refractivity (Wildman–Crippen MR) is 129 cm³/mol. The van der Waals surface area contributed by atoms with E-state index in [0.717, 1.165) is 34.5 Å². The zero-order chi connectivity index (χ0) is 22.7. The molecule has 0 saturated heterocycles. The summed E-state index contributed by atoms with van der Waals surface area (Å²) in [6, 6.07) is 20.6. The van der Waals surface area contributed by atoms with Crippen molar-refractivity contribution in [2.24, 2.45) is 0 Å². The van der Waals surface area contributed by atoms with Crippen LogP contribution in [0.2, 0.25) is 0 Å². The molecule has 0 spiro atoms. The molecule has 0 aromatic heterocycles. The Bertz CT molecular complexity index is 1100. The van der Waals surface area contributed by atoms with E-state index in [1.807, 2.05) is 24.8 Å². The first-order chi connectivity index (χ1) is 15.5. The van der Waals surface area contributed by atoms with E-state index in [9.17, 15) is 4.79 Å². The molecule has 0 N–H and O–H groups in total. The largest absolute Gasteiger partial charge is 0.490 e. The molecule has 0 bridgehead atoms. The van der Waals surface area contributed by atoms with Crippen molar-refractivity contribution in [3.05, 3.63) is 88.5 Å². The first-order valence-corrected chi connectivity index (χ1v) is 11.5. The smallest absolute Gasteiger partial charge is 0.232 e. The van der Waals surface area contributed by atoms with Gasteiger partial charge in [0.15, 0.2) is 11.5 Å². The van der Waals surface area contributed by atoms with Gasteiger partial charge in [-0.2, -0.15) is 0 Å². The van der Waals surface area contributed by atoms with Crippen LogP contribution in [0.4, 0.5) is 5.69 Å². The van der Waals surface area contributed by atoms with Crippen molar-refractivity contribution < 1.29 is 14.3 Å². The molecule has 0 aliphatic carbocycles. The summed E-state index contributed by atoms with van der Waals surface area (Å²) >= 11 is 0. The second-order valence-corrected chi connectivity index (χ2v) is 8.14. The SMILES string of the molecule is CCOc1cc2c(cc1OCC)C(c1cccc(C)c1)N(c1ccc(CC)cc1)C(=O)C2. The molecule has 4 heteroatoms. The van der Waals surface area contributed by atoms with E-state index in [1.54, 1.807) is 0 Å².